The van der Waals surface area contributed by atoms with Gasteiger partial charge in [0, 0.05) is 17.1 Å². The molecule has 118 valence electrons. The van der Waals surface area contributed by atoms with Gasteiger partial charge in [0.1, 0.15) is 0 Å². The van der Waals surface area contributed by atoms with Crippen LogP contribution in [-0.2, 0) is 16.6 Å². The normalized spacial score (nSPS) is 17.5. The average Bonchev–Trinajstić information content (AvgIpc) is 2.37. The molecule has 1 fully saturated rings. The average molecular weight is 331 g/mol. The van der Waals surface area contributed by atoms with Crippen LogP contribution >= 0.6 is 11.6 Å². The van der Waals surface area contributed by atoms with E-state index in [9.17, 15) is 8.42 Å². The predicted octanol–water partition coefficient (Wildman–Crippen LogP) is 2.98. The van der Waals surface area contributed by atoms with Gasteiger partial charge in [-0.05, 0) is 62.9 Å². The molecule has 1 aromatic carbocycles. The Kier molecular flexibility index (Phi) is 4.98. The van der Waals surface area contributed by atoms with E-state index in [0.29, 0.717) is 11.6 Å². The number of hydrogen-bond donors (Lipinski definition) is 2. The molecule has 21 heavy (non-hydrogen) atoms. The highest BCUT2D eigenvalue weighted by Gasteiger charge is 2.36. The van der Waals surface area contributed by atoms with E-state index in [4.69, 9.17) is 11.6 Å². The lowest BCUT2D eigenvalue weighted by Crippen LogP contribution is -2.50. The molecule has 0 aromatic heterocycles. The van der Waals surface area contributed by atoms with E-state index in [-0.39, 0.29) is 10.4 Å². The summed E-state index contributed by atoms with van der Waals surface area (Å²) < 4.78 is 28.1. The summed E-state index contributed by atoms with van der Waals surface area (Å²) in [5.41, 5.74) is 1.37. The second-order valence-electron chi connectivity index (χ2n) is 5.99. The molecule has 0 amide bonds. The van der Waals surface area contributed by atoms with Crippen molar-refractivity contribution in [2.24, 2.45) is 0 Å². The predicted molar refractivity (Wildman–Crippen MR) is 86.1 cm³/mol. The smallest absolute Gasteiger partial charge is 0.241 e. The standard InChI is InChI=1S/C15H23ClN2O2S/c1-4-17-10-12-8-13(16)9-14(11(12)2)21(19,20)18-15(3)6-5-7-15/h8-9,17-18H,4-7,10H2,1-3H3. The van der Waals surface area contributed by atoms with E-state index in [1.165, 1.54) is 6.07 Å². The minimum Gasteiger partial charge on any atom is -0.313 e. The first-order valence-corrected chi connectivity index (χ1v) is 9.17. The quantitative estimate of drug-likeness (QED) is 0.843. The molecule has 1 aliphatic rings. The van der Waals surface area contributed by atoms with Gasteiger partial charge >= 0.3 is 0 Å². The Hall–Kier alpha value is -0.620. The van der Waals surface area contributed by atoms with Crippen LogP contribution in [-0.4, -0.2) is 20.5 Å². The fourth-order valence-corrected chi connectivity index (χ4v) is 4.70. The second kappa shape index (κ2) is 6.24. The molecule has 0 atom stereocenters. The van der Waals surface area contributed by atoms with Gasteiger partial charge < -0.3 is 5.32 Å². The van der Waals surface area contributed by atoms with Gasteiger partial charge in [0.15, 0.2) is 0 Å². The van der Waals surface area contributed by atoms with Crippen LogP contribution in [0, 0.1) is 6.92 Å². The van der Waals surface area contributed by atoms with Crippen molar-refractivity contribution in [3.8, 4) is 0 Å². The molecule has 0 spiro atoms. The first-order chi connectivity index (χ1) is 9.77. The maximum atomic E-state index is 12.6. The van der Waals surface area contributed by atoms with E-state index in [1.807, 2.05) is 26.8 Å². The lowest BCUT2D eigenvalue weighted by molar-refractivity contribution is 0.248. The van der Waals surface area contributed by atoms with Gasteiger partial charge in [-0.3, -0.25) is 0 Å². The summed E-state index contributed by atoms with van der Waals surface area (Å²) >= 11 is 6.11. The van der Waals surface area contributed by atoms with Crippen LogP contribution in [0.3, 0.4) is 0 Å². The number of nitrogens with one attached hydrogen (secondary N) is 2. The van der Waals surface area contributed by atoms with Crippen molar-refractivity contribution in [3.05, 3.63) is 28.3 Å². The summed E-state index contributed by atoms with van der Waals surface area (Å²) in [5, 5.41) is 3.66. The highest BCUT2D eigenvalue weighted by molar-refractivity contribution is 7.89. The van der Waals surface area contributed by atoms with Crippen LogP contribution in [0.4, 0.5) is 0 Å². The zero-order chi connectivity index (χ0) is 15.7. The molecule has 2 N–H and O–H groups in total. The van der Waals surface area contributed by atoms with Gasteiger partial charge in [0.05, 0.1) is 4.90 Å². The van der Waals surface area contributed by atoms with Crippen LogP contribution in [0.5, 0.6) is 0 Å². The summed E-state index contributed by atoms with van der Waals surface area (Å²) in [7, 11) is -3.54. The first kappa shape index (κ1) is 16.7. The molecule has 0 saturated heterocycles. The molecule has 4 nitrogen and oxygen atoms in total. The molecular formula is C15H23ClN2O2S. The van der Waals surface area contributed by atoms with Crippen molar-refractivity contribution < 1.29 is 8.42 Å². The molecule has 1 aliphatic carbocycles. The van der Waals surface area contributed by atoms with Gasteiger partial charge in [-0.15, -0.1) is 0 Å². The highest BCUT2D eigenvalue weighted by Crippen LogP contribution is 2.34. The molecule has 0 unspecified atom stereocenters. The molecule has 0 aliphatic heterocycles. The summed E-state index contributed by atoms with van der Waals surface area (Å²) in [4.78, 5) is 0.288. The van der Waals surface area contributed by atoms with Gasteiger partial charge in [-0.2, -0.15) is 0 Å². The van der Waals surface area contributed by atoms with Crippen molar-refractivity contribution in [1.29, 1.82) is 0 Å². The van der Waals surface area contributed by atoms with E-state index < -0.39 is 10.0 Å². The molecule has 6 heteroatoms. The van der Waals surface area contributed by atoms with E-state index in [2.05, 4.69) is 10.0 Å². The van der Waals surface area contributed by atoms with E-state index in [0.717, 1.165) is 36.9 Å². The van der Waals surface area contributed by atoms with Crippen molar-refractivity contribution in [2.75, 3.05) is 6.54 Å². The number of rotatable bonds is 6. The third-order valence-electron chi connectivity index (χ3n) is 4.13. The Morgan fingerprint density at radius 3 is 2.52 bits per heavy atom. The molecule has 0 bridgehead atoms. The van der Waals surface area contributed by atoms with Crippen LogP contribution in [0.1, 0.15) is 44.2 Å². The molecule has 2 rings (SSSR count). The SMILES string of the molecule is CCNCc1cc(Cl)cc(S(=O)(=O)NC2(C)CCC2)c1C. The molecule has 1 aromatic rings. The maximum absolute atomic E-state index is 12.6. The lowest BCUT2D eigenvalue weighted by atomic mass is 9.80. The minimum atomic E-state index is -3.54. The summed E-state index contributed by atoms with van der Waals surface area (Å²) in [6.07, 6.45) is 2.84. The molecular weight excluding hydrogens is 308 g/mol. The van der Waals surface area contributed by atoms with Crippen molar-refractivity contribution >= 4 is 21.6 Å². The van der Waals surface area contributed by atoms with Gasteiger partial charge in [0.2, 0.25) is 10.0 Å². The van der Waals surface area contributed by atoms with Crippen LogP contribution < -0.4 is 10.0 Å². The van der Waals surface area contributed by atoms with Crippen LogP contribution in [0.2, 0.25) is 5.02 Å². The maximum Gasteiger partial charge on any atom is 0.241 e. The Morgan fingerprint density at radius 1 is 1.33 bits per heavy atom. The number of benzene rings is 1. The van der Waals surface area contributed by atoms with Crippen LogP contribution in [0.25, 0.3) is 0 Å². The Balaban J connectivity index is 2.35. The molecule has 0 heterocycles. The Bertz CT molecular complexity index is 625. The Labute approximate surface area is 132 Å². The number of hydrogen-bond acceptors (Lipinski definition) is 3. The Morgan fingerprint density at radius 2 is 2.00 bits per heavy atom. The van der Waals surface area contributed by atoms with Gasteiger partial charge in [-0.25, -0.2) is 13.1 Å². The summed E-state index contributed by atoms with van der Waals surface area (Å²) in [6.45, 7) is 7.23. The fourth-order valence-electron chi connectivity index (χ4n) is 2.62. The topological polar surface area (TPSA) is 58.2 Å². The third-order valence-corrected chi connectivity index (χ3v) is 6.11. The lowest BCUT2D eigenvalue weighted by Gasteiger charge is -2.38. The largest absolute Gasteiger partial charge is 0.313 e. The third kappa shape index (κ3) is 3.77. The minimum absolute atomic E-state index is 0.288. The summed E-state index contributed by atoms with van der Waals surface area (Å²) in [5.74, 6) is 0. The zero-order valence-corrected chi connectivity index (χ0v) is 14.4. The fraction of sp³-hybridized carbons (Fsp3) is 0.600. The van der Waals surface area contributed by atoms with Crippen LogP contribution in [0.15, 0.2) is 17.0 Å². The monoisotopic (exact) mass is 330 g/mol. The van der Waals surface area contributed by atoms with Gasteiger partial charge in [-0.1, -0.05) is 18.5 Å². The molecule has 0 radical (unpaired) electrons. The summed E-state index contributed by atoms with van der Waals surface area (Å²) in [6, 6.07) is 3.36. The second-order valence-corrected chi connectivity index (χ2v) is 8.08. The van der Waals surface area contributed by atoms with Crippen molar-refractivity contribution in [2.45, 2.75) is 57.0 Å². The zero-order valence-electron chi connectivity index (χ0n) is 12.8. The van der Waals surface area contributed by atoms with Crippen molar-refractivity contribution in [1.82, 2.24) is 10.0 Å². The van der Waals surface area contributed by atoms with E-state index >= 15 is 0 Å². The number of halogens is 1. The van der Waals surface area contributed by atoms with Crippen molar-refractivity contribution in [3.63, 3.8) is 0 Å². The van der Waals surface area contributed by atoms with Gasteiger partial charge in [0.25, 0.3) is 0 Å². The number of sulfonamides is 1. The molecule has 1 saturated carbocycles. The first-order valence-electron chi connectivity index (χ1n) is 7.31. The van der Waals surface area contributed by atoms with E-state index in [1.54, 1.807) is 0 Å². The highest BCUT2D eigenvalue weighted by atomic mass is 35.5.